The van der Waals surface area contributed by atoms with E-state index in [1.807, 2.05) is 0 Å². The Bertz CT molecular complexity index is 195. The smallest absolute Gasteiger partial charge is 0.387 e. The Labute approximate surface area is 58.3 Å². The second-order valence-corrected chi connectivity index (χ2v) is 1.98. The van der Waals surface area contributed by atoms with E-state index in [2.05, 4.69) is 15.2 Å². The van der Waals surface area contributed by atoms with Crippen LogP contribution >= 0.6 is 11.3 Å². The SMILES string of the molecule is FC(F)(F)Oc1cs[c]n1. The van der Waals surface area contributed by atoms with E-state index in [1.165, 1.54) is 0 Å². The highest BCUT2D eigenvalue weighted by Gasteiger charge is 2.31. The zero-order chi connectivity index (χ0) is 7.61. The summed E-state index contributed by atoms with van der Waals surface area (Å²) in [7, 11) is 0. The molecule has 0 atom stereocenters. The number of alkyl halides is 3. The van der Waals surface area contributed by atoms with Gasteiger partial charge in [-0.3, -0.25) is 0 Å². The van der Waals surface area contributed by atoms with Crippen LogP contribution in [0.1, 0.15) is 0 Å². The third-order valence-corrected chi connectivity index (χ3v) is 1.10. The van der Waals surface area contributed by atoms with Gasteiger partial charge in [-0.05, 0) is 0 Å². The molecule has 0 aliphatic carbocycles. The van der Waals surface area contributed by atoms with Crippen molar-refractivity contribution < 1.29 is 17.9 Å². The molecular formula is C4HF3NOS. The van der Waals surface area contributed by atoms with E-state index in [4.69, 9.17) is 0 Å². The number of ether oxygens (including phenoxy) is 1. The Hall–Kier alpha value is -0.780. The van der Waals surface area contributed by atoms with Crippen LogP contribution in [0.25, 0.3) is 0 Å². The second kappa shape index (κ2) is 2.45. The van der Waals surface area contributed by atoms with Crippen molar-refractivity contribution in [2.45, 2.75) is 6.36 Å². The number of rotatable bonds is 1. The third-order valence-electron chi connectivity index (χ3n) is 0.589. The zero-order valence-corrected chi connectivity index (χ0v) is 5.29. The molecule has 1 rings (SSSR count). The van der Waals surface area contributed by atoms with Crippen LogP contribution in [0.2, 0.25) is 0 Å². The fraction of sp³-hybridized carbons (Fsp3) is 0.250. The van der Waals surface area contributed by atoms with Crippen molar-refractivity contribution >= 4 is 11.3 Å². The molecule has 6 heteroatoms. The normalized spacial score (nSPS) is 11.5. The summed E-state index contributed by atoms with van der Waals surface area (Å²) in [6.07, 6.45) is -4.65. The van der Waals surface area contributed by atoms with Crippen molar-refractivity contribution in [1.29, 1.82) is 0 Å². The van der Waals surface area contributed by atoms with Gasteiger partial charge in [-0.15, -0.1) is 24.5 Å². The van der Waals surface area contributed by atoms with Crippen molar-refractivity contribution in [3.05, 3.63) is 10.9 Å². The van der Waals surface area contributed by atoms with Crippen molar-refractivity contribution in [2.75, 3.05) is 0 Å². The van der Waals surface area contributed by atoms with Crippen LogP contribution in [-0.2, 0) is 0 Å². The van der Waals surface area contributed by atoms with Crippen molar-refractivity contribution in [1.82, 2.24) is 4.98 Å². The van der Waals surface area contributed by atoms with E-state index < -0.39 is 12.2 Å². The summed E-state index contributed by atoms with van der Waals surface area (Å²) in [5.41, 5.74) is 2.22. The molecule has 0 aromatic carbocycles. The predicted octanol–water partition coefficient (Wildman–Crippen LogP) is 1.84. The number of nitrogens with zero attached hydrogens (tertiary/aromatic N) is 1. The van der Waals surface area contributed by atoms with Gasteiger partial charge in [-0.25, -0.2) is 0 Å². The largest absolute Gasteiger partial charge is 0.574 e. The summed E-state index contributed by atoms with van der Waals surface area (Å²) < 4.78 is 37.5. The van der Waals surface area contributed by atoms with Gasteiger partial charge >= 0.3 is 6.36 Å². The minimum absolute atomic E-state index is 0.461. The van der Waals surface area contributed by atoms with E-state index in [-0.39, 0.29) is 0 Å². The highest BCUT2D eigenvalue weighted by molar-refractivity contribution is 7.07. The molecule has 1 aromatic heterocycles. The van der Waals surface area contributed by atoms with E-state index in [1.54, 1.807) is 0 Å². The molecule has 0 aliphatic rings. The number of thiazole rings is 1. The van der Waals surface area contributed by atoms with Gasteiger partial charge in [0.2, 0.25) is 5.88 Å². The highest BCUT2D eigenvalue weighted by Crippen LogP contribution is 2.21. The van der Waals surface area contributed by atoms with Gasteiger partial charge < -0.3 is 4.74 Å². The maximum Gasteiger partial charge on any atom is 0.574 e. The summed E-state index contributed by atoms with van der Waals surface area (Å²) in [5.74, 6) is -0.461. The van der Waals surface area contributed by atoms with Crippen molar-refractivity contribution in [3.63, 3.8) is 0 Å². The van der Waals surface area contributed by atoms with Crippen LogP contribution in [0.15, 0.2) is 5.38 Å². The number of hydrogen-bond donors (Lipinski definition) is 0. The number of aromatic nitrogens is 1. The van der Waals surface area contributed by atoms with E-state index in [0.717, 1.165) is 16.7 Å². The maximum absolute atomic E-state index is 11.3. The van der Waals surface area contributed by atoms with Crippen LogP contribution < -0.4 is 4.74 Å². The number of hydrogen-bond acceptors (Lipinski definition) is 3. The highest BCUT2D eigenvalue weighted by atomic mass is 32.1. The molecule has 0 saturated carbocycles. The first-order valence-electron chi connectivity index (χ1n) is 2.15. The molecule has 0 unspecified atom stereocenters. The molecule has 0 fully saturated rings. The molecular weight excluding hydrogens is 167 g/mol. The summed E-state index contributed by atoms with van der Waals surface area (Å²) >= 11 is 0.919. The lowest BCUT2D eigenvalue weighted by Crippen LogP contribution is -2.17. The van der Waals surface area contributed by atoms with Gasteiger partial charge in [0.1, 0.15) is 0 Å². The van der Waals surface area contributed by atoms with Gasteiger partial charge in [0, 0.05) is 0 Å². The first-order chi connectivity index (χ1) is 4.58. The molecule has 0 aliphatic heterocycles. The predicted molar refractivity (Wildman–Crippen MR) is 27.6 cm³/mol. The van der Waals surface area contributed by atoms with Gasteiger partial charge in [0.25, 0.3) is 0 Å². The lowest BCUT2D eigenvalue weighted by atomic mass is 10.9. The summed E-state index contributed by atoms with van der Waals surface area (Å²) in [4.78, 5) is 3.15. The summed E-state index contributed by atoms with van der Waals surface area (Å²) in [6, 6.07) is 0. The molecule has 0 saturated heterocycles. The zero-order valence-electron chi connectivity index (χ0n) is 4.47. The standard InChI is InChI=1S/C4HF3NOS/c5-4(6,7)9-3-1-10-2-8-3/h1H. The molecule has 0 bridgehead atoms. The number of halogens is 3. The Morgan fingerprint density at radius 2 is 2.30 bits per heavy atom. The van der Waals surface area contributed by atoms with E-state index in [9.17, 15) is 13.2 Å². The van der Waals surface area contributed by atoms with E-state index >= 15 is 0 Å². The van der Waals surface area contributed by atoms with Crippen molar-refractivity contribution in [2.24, 2.45) is 0 Å². The summed E-state index contributed by atoms with van der Waals surface area (Å²) in [5, 5.41) is 1.12. The molecule has 0 N–H and O–H groups in total. The topological polar surface area (TPSA) is 22.1 Å². The van der Waals surface area contributed by atoms with Crippen LogP contribution in [-0.4, -0.2) is 11.3 Å². The average molecular weight is 168 g/mol. The van der Waals surface area contributed by atoms with Crippen molar-refractivity contribution in [3.8, 4) is 5.88 Å². The summed E-state index contributed by atoms with van der Waals surface area (Å²) in [6.45, 7) is 0. The maximum atomic E-state index is 11.3. The Morgan fingerprint density at radius 3 is 2.70 bits per heavy atom. The van der Waals surface area contributed by atoms with Gasteiger partial charge in [-0.2, -0.15) is 4.98 Å². The first kappa shape index (κ1) is 7.33. The Kier molecular flexibility index (Phi) is 1.80. The molecule has 0 spiro atoms. The molecule has 2 nitrogen and oxygen atoms in total. The fourth-order valence-electron chi connectivity index (χ4n) is 0.340. The molecule has 1 radical (unpaired) electrons. The molecule has 55 valence electrons. The minimum atomic E-state index is -4.65. The molecule has 0 amide bonds. The van der Waals surface area contributed by atoms with Crippen LogP contribution in [0.3, 0.4) is 0 Å². The molecule has 10 heavy (non-hydrogen) atoms. The van der Waals surface area contributed by atoms with Crippen LogP contribution in [0, 0.1) is 5.51 Å². The quantitative estimate of drug-likeness (QED) is 0.638. The lowest BCUT2D eigenvalue weighted by Gasteiger charge is -2.03. The van der Waals surface area contributed by atoms with Crippen LogP contribution in [0.5, 0.6) is 5.88 Å². The van der Waals surface area contributed by atoms with Gasteiger partial charge in [0.05, 0.1) is 5.38 Å². The molecule has 1 heterocycles. The van der Waals surface area contributed by atoms with Crippen LogP contribution in [0.4, 0.5) is 13.2 Å². The van der Waals surface area contributed by atoms with Gasteiger partial charge in [0.15, 0.2) is 5.51 Å². The minimum Gasteiger partial charge on any atom is -0.387 e. The Morgan fingerprint density at radius 1 is 1.60 bits per heavy atom. The lowest BCUT2D eigenvalue weighted by molar-refractivity contribution is -0.276. The fourth-order valence-corrected chi connectivity index (χ4v) is 0.737. The van der Waals surface area contributed by atoms with E-state index in [0.29, 0.717) is 0 Å². The average Bonchev–Trinajstić information content (AvgIpc) is 2.12. The van der Waals surface area contributed by atoms with Gasteiger partial charge in [-0.1, -0.05) is 0 Å². The second-order valence-electron chi connectivity index (χ2n) is 1.32. The third kappa shape index (κ3) is 2.22. The first-order valence-corrected chi connectivity index (χ1v) is 3.03. The monoisotopic (exact) mass is 168 g/mol. The Balaban J connectivity index is 2.57. The molecule has 1 aromatic rings.